The van der Waals surface area contributed by atoms with Crippen LogP contribution in [0.2, 0.25) is 0 Å². The van der Waals surface area contributed by atoms with Crippen molar-refractivity contribution < 1.29 is 0 Å². The van der Waals surface area contributed by atoms with Crippen LogP contribution >= 0.6 is 0 Å². The molecule has 0 aliphatic rings. The zero-order valence-electron chi connectivity index (χ0n) is 12.6. The van der Waals surface area contributed by atoms with Gasteiger partial charge in [-0.2, -0.15) is 0 Å². The van der Waals surface area contributed by atoms with E-state index in [1.54, 1.807) is 11.1 Å². The summed E-state index contributed by atoms with van der Waals surface area (Å²) in [4.78, 5) is 0. The van der Waals surface area contributed by atoms with Crippen LogP contribution in [0.25, 0.3) is 0 Å². The second kappa shape index (κ2) is 9.27. The maximum Gasteiger partial charge on any atom is -0.0190 e. The van der Waals surface area contributed by atoms with Gasteiger partial charge in [-0.25, -0.2) is 0 Å². The van der Waals surface area contributed by atoms with Crippen LogP contribution in [0.1, 0.15) is 77.0 Å². The highest BCUT2D eigenvalue weighted by atomic mass is 14.1. The van der Waals surface area contributed by atoms with Crippen molar-refractivity contribution in [1.82, 2.24) is 0 Å². The van der Waals surface area contributed by atoms with Crippen molar-refractivity contribution in [2.75, 3.05) is 0 Å². The smallest absolute Gasteiger partial charge is 0.0190 e. The number of aryl methyl sites for hydroxylation is 2. The predicted molar refractivity (Wildman–Crippen MR) is 79.9 cm³/mol. The van der Waals surface area contributed by atoms with Crippen LogP contribution in [0.3, 0.4) is 0 Å². The van der Waals surface area contributed by atoms with E-state index in [4.69, 9.17) is 0 Å². The molecule has 0 amide bonds. The molecule has 0 radical (unpaired) electrons. The summed E-state index contributed by atoms with van der Waals surface area (Å²) in [6.45, 7) is 13.1. The zero-order chi connectivity index (χ0) is 13.3. The third-order valence-corrected chi connectivity index (χ3v) is 3.28. The third-order valence-electron chi connectivity index (χ3n) is 3.28. The Bertz CT molecular complexity index is 299. The molecule has 0 N–H and O–H groups in total. The largest absolute Gasteiger partial charge is 0.0683 e. The van der Waals surface area contributed by atoms with Gasteiger partial charge in [0, 0.05) is 0 Å². The maximum atomic E-state index is 2.41. The molecule has 0 saturated heterocycles. The molecule has 0 aliphatic heterocycles. The lowest BCUT2D eigenvalue weighted by Crippen LogP contribution is -1.99. The Kier molecular flexibility index (Phi) is 8.85. The molecular formula is C17H30. The summed E-state index contributed by atoms with van der Waals surface area (Å²) in [5.41, 5.74) is 4.62. The van der Waals surface area contributed by atoms with Gasteiger partial charge in [0.05, 0.1) is 0 Å². The highest BCUT2D eigenvalue weighted by Gasteiger charge is 2.08. The molecule has 0 aromatic heterocycles. The van der Waals surface area contributed by atoms with E-state index in [1.807, 2.05) is 13.8 Å². The molecule has 0 fully saturated rings. The molecule has 0 bridgehead atoms. The highest BCUT2D eigenvalue weighted by Crippen LogP contribution is 2.25. The monoisotopic (exact) mass is 234 g/mol. The fourth-order valence-electron chi connectivity index (χ4n) is 2.07. The van der Waals surface area contributed by atoms with Gasteiger partial charge in [-0.15, -0.1) is 0 Å². The van der Waals surface area contributed by atoms with Crippen LogP contribution in [0.5, 0.6) is 0 Å². The molecule has 0 aliphatic carbocycles. The first-order valence-electron chi connectivity index (χ1n) is 7.34. The topological polar surface area (TPSA) is 0 Å². The van der Waals surface area contributed by atoms with Crippen LogP contribution in [-0.2, 0) is 12.8 Å². The summed E-state index contributed by atoms with van der Waals surface area (Å²) in [6.07, 6.45) is 4.86. The average Bonchev–Trinajstić information content (AvgIpc) is 2.40. The SMILES string of the molecule is CC.CCCc1cc(CC)ccc1C(C)CC. The van der Waals surface area contributed by atoms with E-state index in [1.165, 1.54) is 24.8 Å². The van der Waals surface area contributed by atoms with Crippen LogP contribution in [0.4, 0.5) is 0 Å². The van der Waals surface area contributed by atoms with Crippen molar-refractivity contribution in [2.45, 2.75) is 73.1 Å². The Labute approximate surface area is 108 Å². The van der Waals surface area contributed by atoms with E-state index < -0.39 is 0 Å². The van der Waals surface area contributed by atoms with Crippen molar-refractivity contribution in [3.05, 3.63) is 34.9 Å². The average molecular weight is 234 g/mol. The molecule has 0 heteroatoms. The van der Waals surface area contributed by atoms with Crippen LogP contribution in [0, 0.1) is 0 Å². The Morgan fingerprint density at radius 1 is 1.06 bits per heavy atom. The highest BCUT2D eigenvalue weighted by molar-refractivity contribution is 5.34. The maximum absolute atomic E-state index is 2.41. The van der Waals surface area contributed by atoms with Gasteiger partial charge in [0.15, 0.2) is 0 Å². The minimum atomic E-state index is 0.706. The van der Waals surface area contributed by atoms with E-state index in [2.05, 4.69) is 45.9 Å². The summed E-state index contributed by atoms with van der Waals surface area (Å²) in [5, 5.41) is 0. The van der Waals surface area contributed by atoms with Crippen LogP contribution in [-0.4, -0.2) is 0 Å². The van der Waals surface area contributed by atoms with E-state index in [0.29, 0.717) is 5.92 Å². The quantitative estimate of drug-likeness (QED) is 0.609. The molecule has 98 valence electrons. The summed E-state index contributed by atoms with van der Waals surface area (Å²) < 4.78 is 0. The van der Waals surface area contributed by atoms with Crippen molar-refractivity contribution in [3.8, 4) is 0 Å². The minimum absolute atomic E-state index is 0.706. The lowest BCUT2D eigenvalue weighted by Gasteiger charge is -2.15. The van der Waals surface area contributed by atoms with E-state index >= 15 is 0 Å². The fourth-order valence-corrected chi connectivity index (χ4v) is 2.07. The molecule has 0 spiro atoms. The van der Waals surface area contributed by atoms with E-state index in [9.17, 15) is 0 Å². The van der Waals surface area contributed by atoms with E-state index in [-0.39, 0.29) is 0 Å². The van der Waals surface area contributed by atoms with Gasteiger partial charge < -0.3 is 0 Å². The van der Waals surface area contributed by atoms with Gasteiger partial charge in [-0.1, -0.05) is 66.2 Å². The lowest BCUT2D eigenvalue weighted by atomic mass is 9.90. The molecule has 1 atom stereocenters. The van der Waals surface area contributed by atoms with Gasteiger partial charge in [-0.05, 0) is 41.9 Å². The number of benzene rings is 1. The number of hydrogen-bond donors (Lipinski definition) is 0. The van der Waals surface area contributed by atoms with Gasteiger partial charge in [0.1, 0.15) is 0 Å². The predicted octanol–water partition coefficient (Wildman–Crippen LogP) is 5.74. The first-order chi connectivity index (χ1) is 8.22. The normalized spacial score (nSPS) is 11.6. The van der Waals surface area contributed by atoms with Crippen molar-refractivity contribution in [1.29, 1.82) is 0 Å². The first kappa shape index (κ1) is 16.2. The van der Waals surface area contributed by atoms with Gasteiger partial charge in [0.2, 0.25) is 0 Å². The molecule has 1 unspecified atom stereocenters. The second-order valence-corrected chi connectivity index (χ2v) is 4.45. The molecule has 17 heavy (non-hydrogen) atoms. The van der Waals surface area contributed by atoms with Crippen LogP contribution in [0.15, 0.2) is 18.2 Å². The number of rotatable bonds is 5. The Morgan fingerprint density at radius 2 is 1.71 bits per heavy atom. The van der Waals surface area contributed by atoms with Crippen molar-refractivity contribution in [3.63, 3.8) is 0 Å². The molecule has 1 aromatic carbocycles. The lowest BCUT2D eigenvalue weighted by molar-refractivity contribution is 0.717. The molecule has 0 heterocycles. The Balaban J connectivity index is 0.00000121. The van der Waals surface area contributed by atoms with E-state index in [0.717, 1.165) is 6.42 Å². The molecule has 0 saturated carbocycles. The van der Waals surface area contributed by atoms with Crippen LogP contribution < -0.4 is 0 Å². The zero-order valence-corrected chi connectivity index (χ0v) is 12.6. The summed E-state index contributed by atoms with van der Waals surface area (Å²) in [7, 11) is 0. The first-order valence-corrected chi connectivity index (χ1v) is 7.34. The number of hydrogen-bond acceptors (Lipinski definition) is 0. The van der Waals surface area contributed by atoms with Crippen molar-refractivity contribution in [2.24, 2.45) is 0 Å². The Hall–Kier alpha value is -0.780. The molecular weight excluding hydrogens is 204 g/mol. The molecule has 1 aromatic rings. The fraction of sp³-hybridized carbons (Fsp3) is 0.647. The minimum Gasteiger partial charge on any atom is -0.0683 e. The third kappa shape index (κ3) is 4.93. The Morgan fingerprint density at radius 3 is 2.18 bits per heavy atom. The standard InChI is InChI=1S/C15H24.C2H6/c1-5-8-14-11-13(7-3)9-10-15(14)12(4)6-2;1-2/h9-12H,5-8H2,1-4H3;1-2H3. The second-order valence-electron chi connectivity index (χ2n) is 4.45. The summed E-state index contributed by atoms with van der Waals surface area (Å²) in [6, 6.07) is 7.05. The summed E-state index contributed by atoms with van der Waals surface area (Å²) >= 11 is 0. The van der Waals surface area contributed by atoms with Crippen molar-refractivity contribution >= 4 is 0 Å². The molecule has 1 rings (SSSR count). The van der Waals surface area contributed by atoms with Gasteiger partial charge in [0.25, 0.3) is 0 Å². The molecule has 0 nitrogen and oxygen atoms in total. The summed E-state index contributed by atoms with van der Waals surface area (Å²) in [5.74, 6) is 0.706. The van der Waals surface area contributed by atoms with Gasteiger partial charge in [-0.3, -0.25) is 0 Å². The van der Waals surface area contributed by atoms with Gasteiger partial charge >= 0.3 is 0 Å².